The van der Waals surface area contributed by atoms with Gasteiger partial charge in [-0.2, -0.15) is 12.6 Å². The number of piperidine rings is 1. The minimum absolute atomic E-state index is 0.353. The maximum absolute atomic E-state index is 8.69. The molecule has 1 aromatic heterocycles. The van der Waals surface area contributed by atoms with E-state index in [9.17, 15) is 0 Å². The van der Waals surface area contributed by atoms with Crippen molar-refractivity contribution in [2.75, 3.05) is 32.2 Å². The second-order valence-electron chi connectivity index (χ2n) is 7.57. The van der Waals surface area contributed by atoms with E-state index in [4.69, 9.17) is 22.0 Å². The zero-order chi connectivity index (χ0) is 22.6. The predicted molar refractivity (Wildman–Crippen MR) is 130 cm³/mol. The number of nitrogen functional groups attached to an aromatic ring is 1. The zero-order valence-corrected chi connectivity index (χ0v) is 19.3. The third-order valence-electron chi connectivity index (χ3n) is 5.60. The molecule has 0 unspecified atom stereocenters. The number of benzene rings is 1. The third-order valence-corrected chi connectivity index (χ3v) is 5.60. The Bertz CT molecular complexity index is 774. The largest absolute Gasteiger partial charge is 0.400 e. The molecule has 0 spiro atoms. The quantitative estimate of drug-likeness (QED) is 0.310. The topological polar surface area (TPSA) is 121 Å². The Morgan fingerprint density at radius 3 is 2.33 bits per heavy atom. The highest BCUT2D eigenvalue weighted by atomic mass is 32.1. The van der Waals surface area contributed by atoms with Gasteiger partial charge in [-0.05, 0) is 67.6 Å². The second-order valence-corrected chi connectivity index (χ2v) is 7.57. The Morgan fingerprint density at radius 2 is 1.77 bits per heavy atom. The normalized spacial score (nSPS) is 14.6. The zero-order valence-electron chi connectivity index (χ0n) is 18.4. The van der Waals surface area contributed by atoms with Gasteiger partial charge < -0.3 is 21.9 Å². The Labute approximate surface area is 186 Å². The van der Waals surface area contributed by atoms with Crippen LogP contribution < -0.4 is 16.8 Å². The maximum atomic E-state index is 8.69. The van der Waals surface area contributed by atoms with Crippen LogP contribution in [0.25, 0.3) is 0 Å². The van der Waals surface area contributed by atoms with E-state index < -0.39 is 0 Å². The van der Waals surface area contributed by atoms with E-state index in [1.54, 1.807) is 12.5 Å². The first-order valence-corrected chi connectivity index (χ1v) is 11.1. The van der Waals surface area contributed by atoms with E-state index in [1.165, 1.54) is 12.8 Å². The first-order chi connectivity index (χ1) is 14.5. The number of nitrogens with zero attached hydrogens (tertiary/aromatic N) is 1. The van der Waals surface area contributed by atoms with Gasteiger partial charge in [-0.1, -0.05) is 31.2 Å². The lowest BCUT2D eigenvalue weighted by atomic mass is 9.76. The molecule has 7 N–H and O–H groups in total. The Morgan fingerprint density at radius 1 is 1.17 bits per heavy atom. The molecule has 30 heavy (non-hydrogen) atoms. The minimum Gasteiger partial charge on any atom is -0.400 e. The maximum Gasteiger partial charge on any atom is 0.133 e. The number of nitrogens with two attached hydrogens (primary N) is 2. The number of hydrogen-bond donors (Lipinski definition) is 6. The predicted octanol–water partition coefficient (Wildman–Crippen LogP) is 3.02. The van der Waals surface area contributed by atoms with Gasteiger partial charge in [0.05, 0.1) is 5.71 Å². The molecule has 166 valence electrons. The van der Waals surface area contributed by atoms with Crippen molar-refractivity contribution in [2.45, 2.75) is 39.2 Å². The van der Waals surface area contributed by atoms with Crippen LogP contribution in [-0.2, 0) is 13.0 Å². The Kier molecular flexibility index (Phi) is 11.7. The number of thiol groups is 1. The molecule has 3 rings (SSSR count). The number of rotatable bonds is 6. The molecule has 1 aromatic carbocycles. The van der Waals surface area contributed by atoms with Crippen molar-refractivity contribution in [2.24, 2.45) is 11.1 Å². The van der Waals surface area contributed by atoms with E-state index in [1.807, 2.05) is 30.3 Å². The summed E-state index contributed by atoms with van der Waals surface area (Å²) in [5, 5.41) is 19.1. The average molecular weight is 432 g/mol. The molecule has 1 fully saturated rings. The van der Waals surface area contributed by atoms with Gasteiger partial charge >= 0.3 is 0 Å². The highest BCUT2D eigenvalue weighted by molar-refractivity contribution is 7.79. The molecule has 1 aliphatic rings. The summed E-state index contributed by atoms with van der Waals surface area (Å²) in [5.74, 6) is 0.436. The Balaban J connectivity index is 0.00000106. The summed E-state index contributed by atoms with van der Waals surface area (Å²) in [5.41, 5.74) is 16.4. The first kappa shape index (κ1) is 26.1. The Hall–Kier alpha value is -1.93. The molecule has 1 saturated heterocycles. The molecule has 2 aromatic rings. The smallest absolute Gasteiger partial charge is 0.133 e. The number of aryl methyl sites for hydroxylation is 1. The summed E-state index contributed by atoms with van der Waals surface area (Å²) >= 11 is 3.53. The number of pyridine rings is 1. The summed E-state index contributed by atoms with van der Waals surface area (Å²) in [6.07, 6.45) is 7.86. The molecular weight excluding hydrogens is 394 g/mol. The monoisotopic (exact) mass is 431 g/mol. The molecule has 6 nitrogen and oxygen atoms in total. The number of hydrogen-bond acceptors (Lipinski definition) is 7. The van der Waals surface area contributed by atoms with Crippen molar-refractivity contribution in [3.8, 4) is 0 Å². The van der Waals surface area contributed by atoms with Gasteiger partial charge in [0.15, 0.2) is 0 Å². The standard InChI is InChI=1S/C21H29N5.CH4O.CH4S/c1-21(9-12-25-13-10-21)8-6-16-7-11-26-20(24)18(16)19(23)17-4-2-15(14-22)3-5-17;2*1-2/h2-5,7,11,23,25H,6,8-10,12-14,22H2,1H3,(H2,24,26);2*2H,1H3. The van der Waals surface area contributed by atoms with Crippen LogP contribution in [0.3, 0.4) is 0 Å². The van der Waals surface area contributed by atoms with Crippen molar-refractivity contribution in [3.05, 3.63) is 58.8 Å². The first-order valence-electron chi connectivity index (χ1n) is 10.2. The van der Waals surface area contributed by atoms with E-state index in [0.29, 0.717) is 23.5 Å². The second kappa shape index (κ2) is 13.4. The number of anilines is 1. The third kappa shape index (κ3) is 7.09. The summed E-state index contributed by atoms with van der Waals surface area (Å²) in [4.78, 5) is 4.24. The molecule has 0 aliphatic carbocycles. The fourth-order valence-corrected chi connectivity index (χ4v) is 3.69. The van der Waals surface area contributed by atoms with Crippen LogP contribution in [0.5, 0.6) is 0 Å². The van der Waals surface area contributed by atoms with E-state index in [2.05, 4.69) is 29.9 Å². The van der Waals surface area contributed by atoms with Gasteiger partial charge in [0, 0.05) is 31.0 Å². The molecule has 0 amide bonds. The lowest BCUT2D eigenvalue weighted by Crippen LogP contribution is -2.35. The van der Waals surface area contributed by atoms with Crippen LogP contribution in [-0.4, -0.2) is 42.3 Å². The van der Waals surface area contributed by atoms with Gasteiger partial charge in [0.2, 0.25) is 0 Å². The summed E-state index contributed by atoms with van der Waals surface area (Å²) in [7, 11) is 1.00. The van der Waals surface area contributed by atoms with Crippen LogP contribution >= 0.6 is 12.6 Å². The van der Waals surface area contributed by atoms with Crippen molar-refractivity contribution in [1.29, 1.82) is 5.41 Å². The fraction of sp³-hybridized carbons (Fsp3) is 0.478. The number of aliphatic hydroxyl groups is 1. The van der Waals surface area contributed by atoms with Crippen LogP contribution in [0, 0.1) is 10.8 Å². The van der Waals surface area contributed by atoms with Crippen LogP contribution in [0.15, 0.2) is 36.5 Å². The highest BCUT2D eigenvalue weighted by Crippen LogP contribution is 2.34. The van der Waals surface area contributed by atoms with E-state index in [-0.39, 0.29) is 0 Å². The van der Waals surface area contributed by atoms with E-state index >= 15 is 0 Å². The lowest BCUT2D eigenvalue weighted by Gasteiger charge is -2.34. The summed E-state index contributed by atoms with van der Waals surface area (Å²) in [6.45, 7) is 5.05. The van der Waals surface area contributed by atoms with Crippen LogP contribution in [0.2, 0.25) is 0 Å². The molecule has 0 radical (unpaired) electrons. The van der Waals surface area contributed by atoms with Crippen molar-refractivity contribution in [1.82, 2.24) is 10.3 Å². The summed E-state index contributed by atoms with van der Waals surface area (Å²) < 4.78 is 0. The summed E-state index contributed by atoms with van der Waals surface area (Å²) in [6, 6.07) is 9.82. The van der Waals surface area contributed by atoms with Gasteiger partial charge in [0.1, 0.15) is 5.82 Å². The number of aromatic nitrogens is 1. The molecule has 0 saturated carbocycles. The van der Waals surface area contributed by atoms with E-state index in [0.717, 1.165) is 55.3 Å². The number of nitrogens with one attached hydrogen (secondary N) is 2. The molecule has 1 aliphatic heterocycles. The molecule has 0 bridgehead atoms. The van der Waals surface area contributed by atoms with Crippen molar-refractivity contribution in [3.63, 3.8) is 0 Å². The average Bonchev–Trinajstić information content (AvgIpc) is 2.80. The number of aliphatic hydroxyl groups excluding tert-OH is 1. The van der Waals surface area contributed by atoms with Crippen LogP contribution in [0.1, 0.15) is 48.4 Å². The highest BCUT2D eigenvalue weighted by Gasteiger charge is 2.27. The SMILES string of the molecule is CC1(CCc2ccnc(N)c2C(=N)c2ccc(CN)cc2)CCNCC1.CO.CS. The molecular formula is C23H37N5OS. The van der Waals surface area contributed by atoms with Gasteiger partial charge in [-0.25, -0.2) is 4.98 Å². The lowest BCUT2D eigenvalue weighted by molar-refractivity contribution is 0.212. The van der Waals surface area contributed by atoms with Gasteiger partial charge in [-0.15, -0.1) is 0 Å². The van der Waals surface area contributed by atoms with Crippen molar-refractivity contribution < 1.29 is 5.11 Å². The molecule has 7 heteroatoms. The van der Waals surface area contributed by atoms with Crippen LogP contribution in [0.4, 0.5) is 5.82 Å². The minimum atomic E-state index is 0.353. The molecule has 0 atom stereocenters. The molecule has 2 heterocycles. The fourth-order valence-electron chi connectivity index (χ4n) is 3.69. The van der Waals surface area contributed by atoms with Gasteiger partial charge in [0.25, 0.3) is 0 Å². The van der Waals surface area contributed by atoms with Gasteiger partial charge in [-0.3, -0.25) is 5.41 Å². The van der Waals surface area contributed by atoms with Crippen molar-refractivity contribution >= 4 is 24.2 Å².